The summed E-state index contributed by atoms with van der Waals surface area (Å²) in [6.07, 6.45) is 3.47. The Bertz CT molecular complexity index is 2090. The van der Waals surface area contributed by atoms with Gasteiger partial charge in [0.15, 0.2) is 5.60 Å². The maximum absolute atomic E-state index is 14.2. The van der Waals surface area contributed by atoms with Gasteiger partial charge >= 0.3 is 0 Å². The zero-order chi connectivity index (χ0) is 34.1. The van der Waals surface area contributed by atoms with E-state index in [1.165, 1.54) is 0 Å². The summed E-state index contributed by atoms with van der Waals surface area (Å²) >= 11 is 0. The van der Waals surface area contributed by atoms with E-state index in [9.17, 15) is 24.6 Å². The van der Waals surface area contributed by atoms with Crippen LogP contribution in [0.2, 0.25) is 0 Å². The van der Waals surface area contributed by atoms with Crippen molar-refractivity contribution in [3.8, 4) is 0 Å². The lowest BCUT2D eigenvalue weighted by Crippen LogP contribution is -2.44. The van der Waals surface area contributed by atoms with Crippen molar-refractivity contribution in [1.29, 1.82) is 0 Å². The van der Waals surface area contributed by atoms with Crippen molar-refractivity contribution in [3.63, 3.8) is 0 Å². The third kappa shape index (κ3) is 5.69. The van der Waals surface area contributed by atoms with Gasteiger partial charge in [-0.15, -0.1) is 0 Å². The standard InChI is InChI=1S/C41H37N3O5/c1-28(11-7-22-37(46)42(23-24-45)26-29-12-3-2-4-13-29)41(49)34-19-5-6-20-35(34)43(40(41)48)27-30-14-8-17-32(25-30)44-36-21-10-16-31-15-9-18-33(38(31)36)39(44)47/h2-21,25,28,45,49H,22-24,26-27H2,1H3/b11-7+/t28-,41+/m1/s1. The number of hydrogen-bond donors (Lipinski definition) is 2. The predicted octanol–water partition coefficient (Wildman–Crippen LogP) is 6.47. The van der Waals surface area contributed by atoms with Crippen molar-refractivity contribution in [1.82, 2.24) is 4.90 Å². The molecular formula is C41H37N3O5. The van der Waals surface area contributed by atoms with Gasteiger partial charge in [0.1, 0.15) is 0 Å². The number of aliphatic hydroxyl groups excluding tert-OH is 1. The molecule has 0 aliphatic carbocycles. The number of carbonyl (C=O) groups excluding carboxylic acids is 3. The fraction of sp³-hybridized carbons (Fsp3) is 0.195. The Labute approximate surface area is 285 Å². The average molecular weight is 652 g/mol. The molecule has 8 nitrogen and oxygen atoms in total. The van der Waals surface area contributed by atoms with Gasteiger partial charge in [-0.05, 0) is 46.8 Å². The molecule has 0 spiro atoms. The summed E-state index contributed by atoms with van der Waals surface area (Å²) in [5.41, 5.74) is 3.22. The van der Waals surface area contributed by atoms with Gasteiger partial charge in [-0.3, -0.25) is 19.3 Å². The van der Waals surface area contributed by atoms with Gasteiger partial charge in [-0.2, -0.15) is 0 Å². The third-order valence-electron chi connectivity index (χ3n) is 9.56. The first-order valence-corrected chi connectivity index (χ1v) is 16.5. The third-order valence-corrected chi connectivity index (χ3v) is 9.56. The summed E-state index contributed by atoms with van der Waals surface area (Å²) in [6.45, 7) is 2.39. The molecule has 0 bridgehead atoms. The van der Waals surface area contributed by atoms with Crippen LogP contribution in [0.4, 0.5) is 17.1 Å². The fourth-order valence-electron chi connectivity index (χ4n) is 7.06. The maximum atomic E-state index is 14.2. The zero-order valence-electron chi connectivity index (χ0n) is 27.2. The van der Waals surface area contributed by atoms with Crippen LogP contribution in [-0.2, 0) is 28.3 Å². The molecule has 0 fully saturated rings. The van der Waals surface area contributed by atoms with Crippen LogP contribution in [0.1, 0.15) is 40.4 Å². The minimum atomic E-state index is -1.84. The number of aliphatic hydroxyl groups is 2. The van der Waals surface area contributed by atoms with Crippen molar-refractivity contribution in [2.24, 2.45) is 5.92 Å². The topological polar surface area (TPSA) is 101 Å². The van der Waals surface area contributed by atoms with Crippen LogP contribution < -0.4 is 9.80 Å². The predicted molar refractivity (Wildman–Crippen MR) is 190 cm³/mol. The summed E-state index contributed by atoms with van der Waals surface area (Å²) in [4.78, 5) is 45.7. The largest absolute Gasteiger partial charge is 0.395 e. The van der Waals surface area contributed by atoms with Crippen LogP contribution >= 0.6 is 0 Å². The maximum Gasteiger partial charge on any atom is 0.264 e. The minimum absolute atomic E-state index is 0.0619. The van der Waals surface area contributed by atoms with Gasteiger partial charge in [0.2, 0.25) is 5.91 Å². The van der Waals surface area contributed by atoms with Crippen molar-refractivity contribution < 1.29 is 24.6 Å². The van der Waals surface area contributed by atoms with Crippen LogP contribution in [-0.4, -0.2) is 46.0 Å². The van der Waals surface area contributed by atoms with Gasteiger partial charge in [0.25, 0.3) is 11.8 Å². The summed E-state index contributed by atoms with van der Waals surface area (Å²) in [6, 6.07) is 36.0. The van der Waals surface area contributed by atoms with E-state index in [0.717, 1.165) is 27.6 Å². The summed E-state index contributed by atoms with van der Waals surface area (Å²) in [7, 11) is 0. The molecule has 0 radical (unpaired) electrons. The molecule has 246 valence electrons. The molecule has 0 aromatic heterocycles. The molecule has 0 saturated heterocycles. The van der Waals surface area contributed by atoms with Crippen molar-refractivity contribution in [2.45, 2.75) is 32.0 Å². The Kier molecular flexibility index (Phi) is 8.59. The Morgan fingerprint density at radius 1 is 0.857 bits per heavy atom. The van der Waals surface area contributed by atoms with Gasteiger partial charge in [0.05, 0.1) is 30.1 Å². The first-order valence-electron chi connectivity index (χ1n) is 16.5. The van der Waals surface area contributed by atoms with Crippen LogP contribution in [0.3, 0.4) is 0 Å². The quantitative estimate of drug-likeness (QED) is 0.160. The van der Waals surface area contributed by atoms with E-state index in [0.29, 0.717) is 29.0 Å². The number of fused-ring (bicyclic) bond motifs is 1. The Morgan fingerprint density at radius 3 is 2.35 bits per heavy atom. The van der Waals surface area contributed by atoms with Crippen molar-refractivity contribution >= 4 is 45.6 Å². The van der Waals surface area contributed by atoms with E-state index in [-0.39, 0.29) is 37.9 Å². The van der Waals surface area contributed by atoms with E-state index in [1.807, 2.05) is 103 Å². The Balaban J connectivity index is 1.10. The number of hydrogen-bond acceptors (Lipinski definition) is 5. The lowest BCUT2D eigenvalue weighted by molar-refractivity contribution is -0.139. The van der Waals surface area contributed by atoms with E-state index in [2.05, 4.69) is 0 Å². The molecule has 5 aromatic carbocycles. The molecule has 5 aromatic rings. The number of nitrogens with zero attached hydrogens (tertiary/aromatic N) is 3. The lowest BCUT2D eigenvalue weighted by Gasteiger charge is -2.28. The van der Waals surface area contributed by atoms with Gasteiger partial charge in [0, 0.05) is 42.1 Å². The number of amides is 3. The fourth-order valence-corrected chi connectivity index (χ4v) is 7.06. The highest BCUT2D eigenvalue weighted by molar-refractivity contribution is 6.27. The van der Waals surface area contributed by atoms with Crippen molar-refractivity contribution in [3.05, 3.63) is 150 Å². The molecule has 2 aliphatic heterocycles. The summed E-state index contributed by atoms with van der Waals surface area (Å²) < 4.78 is 0. The second-order valence-electron chi connectivity index (χ2n) is 12.6. The zero-order valence-corrected chi connectivity index (χ0v) is 27.2. The molecule has 2 aliphatic rings. The smallest absolute Gasteiger partial charge is 0.264 e. The average Bonchev–Trinajstić information content (AvgIpc) is 3.53. The molecule has 7 rings (SSSR count). The van der Waals surface area contributed by atoms with E-state index < -0.39 is 17.4 Å². The molecule has 2 heterocycles. The number of carbonyl (C=O) groups is 3. The normalized spacial score (nSPS) is 17.3. The van der Waals surface area contributed by atoms with Crippen LogP contribution in [0.15, 0.2) is 127 Å². The molecule has 2 N–H and O–H groups in total. The molecule has 49 heavy (non-hydrogen) atoms. The van der Waals surface area contributed by atoms with Crippen LogP contribution in [0, 0.1) is 5.92 Å². The van der Waals surface area contributed by atoms with Crippen LogP contribution in [0.25, 0.3) is 10.8 Å². The number of benzene rings is 5. The van der Waals surface area contributed by atoms with E-state index >= 15 is 0 Å². The summed E-state index contributed by atoms with van der Waals surface area (Å²) in [5.74, 6) is -1.36. The summed E-state index contributed by atoms with van der Waals surface area (Å²) in [5, 5.41) is 23.6. The number of anilines is 3. The highest BCUT2D eigenvalue weighted by Gasteiger charge is 2.52. The van der Waals surface area contributed by atoms with Crippen LogP contribution in [0.5, 0.6) is 0 Å². The highest BCUT2D eigenvalue weighted by atomic mass is 16.3. The molecule has 2 atom stereocenters. The lowest BCUT2D eigenvalue weighted by atomic mass is 9.83. The van der Waals surface area contributed by atoms with Gasteiger partial charge in [-0.25, -0.2) is 0 Å². The Hall–Kier alpha value is -5.57. The van der Waals surface area contributed by atoms with Gasteiger partial charge < -0.3 is 20.0 Å². The molecule has 0 saturated carbocycles. The van der Waals surface area contributed by atoms with E-state index in [4.69, 9.17) is 0 Å². The first-order chi connectivity index (χ1) is 23.8. The molecule has 8 heteroatoms. The number of rotatable bonds is 11. The monoisotopic (exact) mass is 651 g/mol. The highest BCUT2D eigenvalue weighted by Crippen LogP contribution is 2.46. The first kappa shape index (κ1) is 32.0. The molecule has 0 unspecified atom stereocenters. The minimum Gasteiger partial charge on any atom is -0.395 e. The van der Waals surface area contributed by atoms with Gasteiger partial charge in [-0.1, -0.05) is 104 Å². The SMILES string of the molecule is C[C@H](/C=C/CC(=O)N(CCO)Cc1ccccc1)[C@@]1(O)C(=O)N(Cc2cccc(N3C(=O)c4cccc5cccc3c45)c2)c2ccccc21. The molecule has 3 amide bonds. The Morgan fingerprint density at radius 2 is 1.55 bits per heavy atom. The van der Waals surface area contributed by atoms with Crippen molar-refractivity contribution in [2.75, 3.05) is 23.0 Å². The van der Waals surface area contributed by atoms with E-state index in [1.54, 1.807) is 45.9 Å². The second kappa shape index (κ2) is 13.1. The molecular weight excluding hydrogens is 614 g/mol. The second-order valence-corrected chi connectivity index (χ2v) is 12.6. The number of para-hydroxylation sites is 1.